The molecule has 5 rings (SSSR count). The molecule has 7 nitrogen and oxygen atoms in total. The molecule has 0 amide bonds. The molecule has 0 radical (unpaired) electrons. The normalized spacial score (nSPS) is 19.4. The average Bonchev–Trinajstić information content (AvgIpc) is 3.36. The van der Waals surface area contributed by atoms with E-state index >= 15 is 0 Å². The molecule has 0 aromatic heterocycles. The van der Waals surface area contributed by atoms with Gasteiger partial charge in [-0.25, -0.2) is 0 Å². The van der Waals surface area contributed by atoms with Crippen LogP contribution in [0.25, 0.3) is 0 Å². The van der Waals surface area contributed by atoms with Gasteiger partial charge in [-0.1, -0.05) is 0 Å². The first-order chi connectivity index (χ1) is 13.7. The predicted octanol–water partition coefficient (Wildman–Crippen LogP) is 2.95. The second-order valence-corrected chi connectivity index (χ2v) is 7.16. The largest absolute Gasteiger partial charge is 0.492 e. The van der Waals surface area contributed by atoms with E-state index in [1.165, 1.54) is 0 Å². The van der Waals surface area contributed by atoms with Crippen LogP contribution < -0.4 is 23.7 Å². The number of hydrogen-bond donors (Lipinski definition) is 0. The zero-order chi connectivity index (χ0) is 19.3. The predicted molar refractivity (Wildman–Crippen MR) is 99.7 cm³/mol. The number of carbonyl (C=O) groups is 1. The van der Waals surface area contributed by atoms with E-state index < -0.39 is 0 Å². The molecule has 28 heavy (non-hydrogen) atoms. The van der Waals surface area contributed by atoms with Gasteiger partial charge in [0.15, 0.2) is 28.8 Å². The van der Waals surface area contributed by atoms with Crippen LogP contribution in [0.15, 0.2) is 24.3 Å². The number of fused-ring (bicyclic) bond motifs is 3. The van der Waals surface area contributed by atoms with Crippen molar-refractivity contribution in [1.29, 1.82) is 0 Å². The number of ether oxygens (including phenoxy) is 5. The number of methoxy groups -OCH3 is 1. The number of carbonyl (C=O) groups excluding carboxylic acids is 1. The zero-order valence-corrected chi connectivity index (χ0v) is 15.8. The van der Waals surface area contributed by atoms with Crippen molar-refractivity contribution in [2.45, 2.75) is 18.9 Å². The van der Waals surface area contributed by atoms with E-state index in [4.69, 9.17) is 23.7 Å². The van der Waals surface area contributed by atoms with Crippen LogP contribution in [0.3, 0.4) is 0 Å². The van der Waals surface area contributed by atoms with Gasteiger partial charge in [0.2, 0.25) is 19.3 Å². The highest BCUT2D eigenvalue weighted by Gasteiger charge is 2.35. The molecule has 0 fully saturated rings. The van der Waals surface area contributed by atoms with Crippen molar-refractivity contribution in [3.8, 4) is 28.7 Å². The Bertz CT molecular complexity index is 956. The van der Waals surface area contributed by atoms with E-state index in [0.29, 0.717) is 40.7 Å². The van der Waals surface area contributed by atoms with Crippen LogP contribution in [0, 0.1) is 0 Å². The fourth-order valence-corrected chi connectivity index (χ4v) is 4.15. The van der Waals surface area contributed by atoms with Crippen LogP contribution in [0.4, 0.5) is 0 Å². The van der Waals surface area contributed by atoms with Gasteiger partial charge in [0, 0.05) is 30.1 Å². The maximum atomic E-state index is 13.1. The summed E-state index contributed by atoms with van der Waals surface area (Å²) in [5, 5.41) is 0. The second-order valence-electron chi connectivity index (χ2n) is 7.16. The highest BCUT2D eigenvalue weighted by Crippen LogP contribution is 2.50. The summed E-state index contributed by atoms with van der Waals surface area (Å²) in [6, 6.07) is 7.24. The minimum Gasteiger partial charge on any atom is -0.492 e. The highest BCUT2D eigenvalue weighted by atomic mass is 16.7. The van der Waals surface area contributed by atoms with Gasteiger partial charge < -0.3 is 23.7 Å². The Labute approximate surface area is 162 Å². The number of benzene rings is 2. The second kappa shape index (κ2) is 6.60. The standard InChI is InChI=1S/C21H21NO6/c1-22-6-5-13-8-18-20(28-11-27-18)21(24-2)19(13)14(22)9-15(23)12-3-4-16-17(7-12)26-10-25-16/h3-4,7-8,14H,5-6,9-11H2,1-2H3. The van der Waals surface area contributed by atoms with E-state index in [-0.39, 0.29) is 25.4 Å². The number of ketones is 1. The van der Waals surface area contributed by atoms with Crippen molar-refractivity contribution in [1.82, 2.24) is 4.90 Å². The van der Waals surface area contributed by atoms with Crippen LogP contribution in [0.2, 0.25) is 0 Å². The van der Waals surface area contributed by atoms with Crippen molar-refractivity contribution >= 4 is 5.78 Å². The lowest BCUT2D eigenvalue weighted by molar-refractivity contribution is 0.0925. The first kappa shape index (κ1) is 17.2. The fraction of sp³-hybridized carbons (Fsp3) is 0.381. The minimum absolute atomic E-state index is 0.0442. The van der Waals surface area contributed by atoms with Crippen LogP contribution >= 0.6 is 0 Å². The number of rotatable bonds is 4. The molecule has 2 aromatic rings. The van der Waals surface area contributed by atoms with Crippen molar-refractivity contribution in [2.24, 2.45) is 0 Å². The van der Waals surface area contributed by atoms with Crippen LogP contribution in [0.5, 0.6) is 28.7 Å². The zero-order valence-electron chi connectivity index (χ0n) is 15.8. The van der Waals surface area contributed by atoms with E-state index in [2.05, 4.69) is 4.90 Å². The Morgan fingerprint density at radius 3 is 2.75 bits per heavy atom. The number of nitrogens with zero attached hydrogens (tertiary/aromatic N) is 1. The molecule has 2 aromatic carbocycles. The van der Waals surface area contributed by atoms with Crippen molar-refractivity contribution < 1.29 is 28.5 Å². The molecule has 7 heteroatoms. The lowest BCUT2D eigenvalue weighted by atomic mass is 9.87. The van der Waals surface area contributed by atoms with Gasteiger partial charge in [0.05, 0.1) is 7.11 Å². The molecule has 0 saturated heterocycles. The summed E-state index contributed by atoms with van der Waals surface area (Å²) in [7, 11) is 3.66. The number of hydrogen-bond acceptors (Lipinski definition) is 7. The molecular formula is C21H21NO6. The first-order valence-corrected chi connectivity index (χ1v) is 9.28. The van der Waals surface area contributed by atoms with Crippen molar-refractivity contribution in [2.75, 3.05) is 34.3 Å². The van der Waals surface area contributed by atoms with E-state index in [9.17, 15) is 4.79 Å². The van der Waals surface area contributed by atoms with Gasteiger partial charge in [-0.05, 0) is 43.3 Å². The SMILES string of the molecule is COc1c2c(cc3c1C(CC(=O)c1ccc4c(c1)OCO4)N(C)CC3)OCO2. The van der Waals surface area contributed by atoms with Gasteiger partial charge in [0.1, 0.15) is 0 Å². The number of likely N-dealkylation sites (N-methyl/N-ethyl adjacent to an activating group) is 1. The van der Waals surface area contributed by atoms with Gasteiger partial charge in [-0.3, -0.25) is 9.69 Å². The Morgan fingerprint density at radius 2 is 1.89 bits per heavy atom. The molecular weight excluding hydrogens is 362 g/mol. The lowest BCUT2D eigenvalue weighted by Gasteiger charge is -2.35. The Balaban J connectivity index is 1.50. The summed E-state index contributed by atoms with van der Waals surface area (Å²) < 4.78 is 27.6. The van der Waals surface area contributed by atoms with E-state index in [0.717, 1.165) is 24.1 Å². The van der Waals surface area contributed by atoms with Crippen LogP contribution in [0.1, 0.15) is 33.9 Å². The van der Waals surface area contributed by atoms with Crippen molar-refractivity contribution in [3.63, 3.8) is 0 Å². The average molecular weight is 383 g/mol. The van der Waals surface area contributed by atoms with Gasteiger partial charge in [0.25, 0.3) is 0 Å². The maximum Gasteiger partial charge on any atom is 0.231 e. The molecule has 0 spiro atoms. The van der Waals surface area contributed by atoms with E-state index in [1.54, 1.807) is 25.3 Å². The van der Waals surface area contributed by atoms with Crippen LogP contribution in [-0.2, 0) is 6.42 Å². The molecule has 1 atom stereocenters. The molecule has 3 aliphatic rings. The molecule has 146 valence electrons. The smallest absolute Gasteiger partial charge is 0.231 e. The third-order valence-electron chi connectivity index (χ3n) is 5.62. The van der Waals surface area contributed by atoms with Crippen molar-refractivity contribution in [3.05, 3.63) is 41.0 Å². The molecule has 1 unspecified atom stereocenters. The third kappa shape index (κ3) is 2.65. The summed E-state index contributed by atoms with van der Waals surface area (Å²) in [4.78, 5) is 15.3. The number of Topliss-reactive ketones (excluding diaryl/α,β-unsaturated/α-hetero) is 1. The minimum atomic E-state index is -0.105. The molecule has 0 aliphatic carbocycles. The summed E-state index contributed by atoms with van der Waals surface area (Å²) in [6.07, 6.45) is 1.20. The Morgan fingerprint density at radius 1 is 1.11 bits per heavy atom. The molecule has 3 heterocycles. The quantitative estimate of drug-likeness (QED) is 0.752. The Kier molecular flexibility index (Phi) is 4.05. The van der Waals surface area contributed by atoms with Gasteiger partial charge in [-0.2, -0.15) is 0 Å². The third-order valence-corrected chi connectivity index (χ3v) is 5.62. The summed E-state index contributed by atoms with van der Waals surface area (Å²) in [5.41, 5.74) is 2.77. The summed E-state index contributed by atoms with van der Waals surface area (Å²) >= 11 is 0. The molecule has 0 saturated carbocycles. The van der Waals surface area contributed by atoms with Gasteiger partial charge in [-0.15, -0.1) is 0 Å². The lowest BCUT2D eigenvalue weighted by Crippen LogP contribution is -2.34. The Hall–Kier alpha value is -2.93. The topological polar surface area (TPSA) is 66.5 Å². The van der Waals surface area contributed by atoms with Crippen LogP contribution in [-0.4, -0.2) is 45.0 Å². The summed E-state index contributed by atoms with van der Waals surface area (Å²) in [6.45, 7) is 1.23. The summed E-state index contributed by atoms with van der Waals surface area (Å²) in [5.74, 6) is 3.33. The molecule has 3 aliphatic heterocycles. The first-order valence-electron chi connectivity index (χ1n) is 9.28. The highest BCUT2D eigenvalue weighted by molar-refractivity contribution is 5.97. The monoisotopic (exact) mass is 383 g/mol. The van der Waals surface area contributed by atoms with E-state index in [1.807, 2.05) is 13.1 Å². The maximum absolute atomic E-state index is 13.1. The fourth-order valence-electron chi connectivity index (χ4n) is 4.15. The van der Waals surface area contributed by atoms with Gasteiger partial charge >= 0.3 is 0 Å². The molecule has 0 bridgehead atoms. The molecule has 0 N–H and O–H groups in total.